The molecule has 276 valence electrons. The van der Waals surface area contributed by atoms with Crippen molar-refractivity contribution < 1.29 is 28.8 Å². The van der Waals surface area contributed by atoms with Gasteiger partial charge in [-0.3, -0.25) is 28.8 Å². The molecule has 0 aromatic heterocycles. The van der Waals surface area contributed by atoms with E-state index in [9.17, 15) is 28.8 Å². The highest BCUT2D eigenvalue weighted by atomic mass is 16.2. The number of hydrogen-bond acceptors (Lipinski definition) is 6. The van der Waals surface area contributed by atoms with Crippen molar-refractivity contribution in [1.82, 2.24) is 26.2 Å². The molecule has 2 aliphatic carbocycles. The molecule has 1 aliphatic heterocycles. The van der Waals surface area contributed by atoms with Crippen molar-refractivity contribution in [2.45, 2.75) is 144 Å². The van der Waals surface area contributed by atoms with E-state index >= 15 is 0 Å². The molecule has 3 rings (SSSR count). The van der Waals surface area contributed by atoms with E-state index in [1.807, 2.05) is 41.5 Å². The maximum absolute atomic E-state index is 14.6. The van der Waals surface area contributed by atoms with E-state index in [1.54, 1.807) is 4.90 Å². The van der Waals surface area contributed by atoms with Crippen molar-refractivity contribution in [2.24, 2.45) is 34.5 Å². The molecular formula is C38H63N5O6. The van der Waals surface area contributed by atoms with Crippen molar-refractivity contribution in [3.63, 3.8) is 0 Å². The second-order valence-electron chi connectivity index (χ2n) is 17.2. The van der Waals surface area contributed by atoms with Gasteiger partial charge >= 0.3 is 0 Å². The SMILES string of the molecule is C=CCNC(=O)C(=O)C(CC1CC1)NC(=O)[C@@H]1[C@@H](CC(C)C)CCN1C(=O)[C@@H](NC(=O)[C@@H](NC(=O)C(C)(C)C)C1CCCCC1)C(C)(C)C. The lowest BCUT2D eigenvalue weighted by Crippen LogP contribution is -2.62. The summed E-state index contributed by atoms with van der Waals surface area (Å²) in [4.78, 5) is 83.4. The van der Waals surface area contributed by atoms with E-state index in [2.05, 4.69) is 41.7 Å². The lowest BCUT2D eigenvalue weighted by atomic mass is 9.81. The Morgan fingerprint density at radius 1 is 0.837 bits per heavy atom. The van der Waals surface area contributed by atoms with Gasteiger partial charge in [0.2, 0.25) is 29.4 Å². The standard InChI is InChI=1S/C38H63N5O6/c1-10-19-39-34(47)30(44)27(22-24-16-17-24)40-33(46)29-26(21-23(2)3)18-20-43(29)35(48)31(37(4,5)6)42-32(45)28(25-14-12-11-13-15-25)41-36(49)38(7,8)9/h10,23-29,31H,1,11-22H2,2-9H3,(H,39,47)(H,40,46)(H,41,49)(H,42,45)/t26-,27?,28+,29+,31-/m1/s1. The average Bonchev–Trinajstić information content (AvgIpc) is 3.75. The molecule has 0 radical (unpaired) electrons. The van der Waals surface area contributed by atoms with Gasteiger partial charge in [-0.1, -0.05) is 93.6 Å². The fraction of sp³-hybridized carbons (Fsp3) is 0.789. The summed E-state index contributed by atoms with van der Waals surface area (Å²) in [6.07, 6.45) is 9.67. The van der Waals surface area contributed by atoms with Gasteiger partial charge in [0.1, 0.15) is 18.1 Å². The predicted octanol–water partition coefficient (Wildman–Crippen LogP) is 4.05. The summed E-state index contributed by atoms with van der Waals surface area (Å²) in [5.74, 6) is -2.61. The fourth-order valence-corrected chi connectivity index (χ4v) is 7.17. The Morgan fingerprint density at radius 2 is 1.47 bits per heavy atom. The summed E-state index contributed by atoms with van der Waals surface area (Å²) in [7, 11) is 0. The van der Waals surface area contributed by atoms with Gasteiger partial charge in [-0.2, -0.15) is 0 Å². The minimum atomic E-state index is -0.997. The predicted molar refractivity (Wildman–Crippen MR) is 190 cm³/mol. The molecule has 0 aromatic rings. The summed E-state index contributed by atoms with van der Waals surface area (Å²) in [6, 6.07) is -3.61. The molecule has 1 unspecified atom stereocenters. The summed E-state index contributed by atoms with van der Waals surface area (Å²) in [5.41, 5.74) is -1.41. The third kappa shape index (κ3) is 11.4. The minimum absolute atomic E-state index is 0.0406. The van der Waals surface area contributed by atoms with Crippen LogP contribution in [0.3, 0.4) is 0 Å². The number of rotatable bonds is 15. The van der Waals surface area contributed by atoms with Gasteiger partial charge < -0.3 is 26.2 Å². The van der Waals surface area contributed by atoms with Crippen LogP contribution >= 0.6 is 0 Å². The second-order valence-corrected chi connectivity index (χ2v) is 17.2. The first-order chi connectivity index (χ1) is 22.8. The molecule has 11 heteroatoms. The van der Waals surface area contributed by atoms with Crippen LogP contribution in [-0.2, 0) is 28.8 Å². The molecule has 3 fully saturated rings. The number of amides is 5. The van der Waals surface area contributed by atoms with E-state index in [0.717, 1.165) is 44.9 Å². The van der Waals surface area contributed by atoms with Crippen LogP contribution in [0.15, 0.2) is 12.7 Å². The van der Waals surface area contributed by atoms with Crippen molar-refractivity contribution in [2.75, 3.05) is 13.1 Å². The molecule has 0 spiro atoms. The van der Waals surface area contributed by atoms with Gasteiger partial charge in [0, 0.05) is 18.5 Å². The Labute approximate surface area is 293 Å². The van der Waals surface area contributed by atoms with Crippen molar-refractivity contribution >= 4 is 35.3 Å². The third-order valence-electron chi connectivity index (χ3n) is 10.1. The Balaban J connectivity index is 1.90. The summed E-state index contributed by atoms with van der Waals surface area (Å²) in [5, 5.41) is 11.5. The number of Topliss-reactive ketones (excluding diaryl/α,β-unsaturated/α-hetero) is 1. The Hall–Kier alpha value is -3.24. The number of carbonyl (C=O) groups is 6. The monoisotopic (exact) mass is 685 g/mol. The molecule has 1 saturated heterocycles. The molecule has 5 atom stereocenters. The topological polar surface area (TPSA) is 154 Å². The third-order valence-corrected chi connectivity index (χ3v) is 10.1. The van der Waals surface area contributed by atoms with Crippen molar-refractivity contribution in [3.8, 4) is 0 Å². The van der Waals surface area contributed by atoms with Gasteiger partial charge in [-0.05, 0) is 61.2 Å². The summed E-state index contributed by atoms with van der Waals surface area (Å²) < 4.78 is 0. The van der Waals surface area contributed by atoms with E-state index in [-0.39, 0.29) is 42.0 Å². The number of carbonyl (C=O) groups excluding carboxylic acids is 6. The molecular weight excluding hydrogens is 622 g/mol. The van der Waals surface area contributed by atoms with E-state index in [1.165, 1.54) is 6.08 Å². The fourth-order valence-electron chi connectivity index (χ4n) is 7.17. The molecule has 0 bridgehead atoms. The number of hydrogen-bond donors (Lipinski definition) is 4. The minimum Gasteiger partial charge on any atom is -0.346 e. The van der Waals surface area contributed by atoms with Gasteiger partial charge in [0.25, 0.3) is 5.91 Å². The molecule has 2 saturated carbocycles. The Kier molecular flexibility index (Phi) is 14.0. The molecule has 0 aromatic carbocycles. The average molecular weight is 686 g/mol. The first-order valence-corrected chi connectivity index (χ1v) is 18.5. The normalized spacial score (nSPS) is 22.1. The molecule has 11 nitrogen and oxygen atoms in total. The summed E-state index contributed by atoms with van der Waals surface area (Å²) in [6.45, 7) is 19.2. The first-order valence-electron chi connectivity index (χ1n) is 18.5. The number of likely N-dealkylation sites (tertiary alicyclic amines) is 1. The molecule has 1 heterocycles. The smallest absolute Gasteiger partial charge is 0.289 e. The summed E-state index contributed by atoms with van der Waals surface area (Å²) >= 11 is 0. The van der Waals surface area contributed by atoms with Crippen LogP contribution in [0.1, 0.15) is 120 Å². The Bertz CT molecular complexity index is 1220. The lowest BCUT2D eigenvalue weighted by Gasteiger charge is -2.38. The maximum Gasteiger partial charge on any atom is 0.289 e. The van der Waals surface area contributed by atoms with Crippen LogP contribution < -0.4 is 21.3 Å². The molecule has 4 N–H and O–H groups in total. The highest BCUT2D eigenvalue weighted by Crippen LogP contribution is 2.36. The number of nitrogens with zero attached hydrogens (tertiary/aromatic N) is 1. The first kappa shape index (κ1) is 40.2. The molecule has 49 heavy (non-hydrogen) atoms. The highest BCUT2D eigenvalue weighted by Gasteiger charge is 2.48. The Morgan fingerprint density at radius 3 is 2.00 bits per heavy atom. The molecule has 5 amide bonds. The van der Waals surface area contributed by atoms with Crippen LogP contribution in [-0.4, -0.2) is 77.5 Å². The van der Waals surface area contributed by atoms with E-state index in [4.69, 9.17) is 0 Å². The second kappa shape index (κ2) is 17.1. The van der Waals surface area contributed by atoms with Gasteiger partial charge in [-0.15, -0.1) is 6.58 Å². The zero-order valence-electron chi connectivity index (χ0n) is 31.3. The van der Waals surface area contributed by atoms with Gasteiger partial charge in [-0.25, -0.2) is 0 Å². The molecule has 3 aliphatic rings. The van der Waals surface area contributed by atoms with Crippen LogP contribution in [0.2, 0.25) is 0 Å². The van der Waals surface area contributed by atoms with Crippen molar-refractivity contribution in [3.05, 3.63) is 12.7 Å². The van der Waals surface area contributed by atoms with Gasteiger partial charge in [0.05, 0.1) is 6.04 Å². The van der Waals surface area contributed by atoms with Crippen LogP contribution in [0, 0.1) is 34.5 Å². The highest BCUT2D eigenvalue weighted by molar-refractivity contribution is 6.38. The largest absolute Gasteiger partial charge is 0.346 e. The number of nitrogens with one attached hydrogen (secondary N) is 4. The zero-order valence-corrected chi connectivity index (χ0v) is 31.3. The van der Waals surface area contributed by atoms with Crippen LogP contribution in [0.5, 0.6) is 0 Å². The zero-order chi connectivity index (χ0) is 36.7. The van der Waals surface area contributed by atoms with Gasteiger partial charge in [0.15, 0.2) is 0 Å². The van der Waals surface area contributed by atoms with E-state index < -0.39 is 58.5 Å². The van der Waals surface area contributed by atoms with E-state index in [0.29, 0.717) is 25.8 Å². The number of ketones is 1. The van der Waals surface area contributed by atoms with Crippen LogP contribution in [0.25, 0.3) is 0 Å². The van der Waals surface area contributed by atoms with Crippen LogP contribution in [0.4, 0.5) is 0 Å². The quantitative estimate of drug-likeness (QED) is 0.151. The maximum atomic E-state index is 14.6. The lowest BCUT2D eigenvalue weighted by molar-refractivity contribution is -0.146. The van der Waals surface area contributed by atoms with Crippen molar-refractivity contribution in [1.29, 1.82) is 0 Å².